The van der Waals surface area contributed by atoms with E-state index in [2.05, 4.69) is 20.9 Å². The monoisotopic (exact) mass is 238 g/mol. The van der Waals surface area contributed by atoms with Crippen molar-refractivity contribution in [1.29, 1.82) is 0 Å². The predicted octanol–water partition coefficient (Wildman–Crippen LogP) is 1.84. The number of hydrogen-bond acceptors (Lipinski definition) is 2. The fraction of sp³-hybridized carbons (Fsp3) is 0.111. The molecule has 0 atom stereocenters. The lowest BCUT2D eigenvalue weighted by Crippen LogP contribution is -1.92. The maximum atomic E-state index is 10.3. The highest BCUT2D eigenvalue weighted by Gasteiger charge is 2.03. The third-order valence-electron chi connectivity index (χ3n) is 1.86. The molecule has 2 heterocycles. The first-order valence-electron chi connectivity index (χ1n) is 3.87. The molecule has 4 heteroatoms. The van der Waals surface area contributed by atoms with Gasteiger partial charge in [-0.25, -0.2) is 4.98 Å². The van der Waals surface area contributed by atoms with Crippen LogP contribution in [-0.4, -0.2) is 15.7 Å². The molecule has 0 aliphatic rings. The summed E-state index contributed by atoms with van der Waals surface area (Å²) in [6.07, 6.45) is 4.89. The maximum absolute atomic E-state index is 10.3. The van der Waals surface area contributed by atoms with Crippen molar-refractivity contribution in [1.82, 2.24) is 9.38 Å². The number of pyridine rings is 1. The Morgan fingerprint density at radius 3 is 3.23 bits per heavy atom. The smallest absolute Gasteiger partial charge is 0.151 e. The average Bonchev–Trinajstić information content (AvgIpc) is 2.51. The van der Waals surface area contributed by atoms with E-state index < -0.39 is 0 Å². The molecule has 66 valence electrons. The molecule has 0 aliphatic heterocycles. The van der Waals surface area contributed by atoms with E-state index in [1.54, 1.807) is 6.20 Å². The zero-order valence-corrected chi connectivity index (χ0v) is 8.36. The number of fused-ring (bicyclic) bond motifs is 1. The number of aromatic nitrogens is 2. The first-order valence-corrected chi connectivity index (χ1v) is 4.66. The van der Waals surface area contributed by atoms with E-state index in [0.29, 0.717) is 6.42 Å². The third-order valence-corrected chi connectivity index (χ3v) is 2.48. The number of nitrogens with zero attached hydrogens (tertiary/aromatic N) is 2. The Hall–Kier alpha value is -1.16. The number of carbonyl (C=O) groups excluding carboxylic acids is 1. The molecule has 2 aromatic rings. The van der Waals surface area contributed by atoms with Crippen molar-refractivity contribution < 1.29 is 4.79 Å². The van der Waals surface area contributed by atoms with Crippen LogP contribution in [0.25, 0.3) is 5.65 Å². The molecule has 0 unspecified atom stereocenters. The van der Waals surface area contributed by atoms with Crippen LogP contribution >= 0.6 is 15.9 Å². The quantitative estimate of drug-likeness (QED) is 0.749. The van der Waals surface area contributed by atoms with Crippen molar-refractivity contribution in [3.63, 3.8) is 0 Å². The number of carbonyl (C=O) groups is 1. The Labute approximate surface area is 83.5 Å². The Bertz CT molecular complexity index is 450. The zero-order valence-electron chi connectivity index (χ0n) is 6.77. The van der Waals surface area contributed by atoms with Crippen molar-refractivity contribution in [2.75, 3.05) is 0 Å². The van der Waals surface area contributed by atoms with Gasteiger partial charge < -0.3 is 9.20 Å². The number of rotatable bonds is 2. The van der Waals surface area contributed by atoms with E-state index >= 15 is 0 Å². The van der Waals surface area contributed by atoms with E-state index in [4.69, 9.17) is 0 Å². The molecular formula is C9H7BrN2O. The van der Waals surface area contributed by atoms with E-state index in [1.165, 1.54) is 0 Å². The van der Waals surface area contributed by atoms with Gasteiger partial charge in [-0.2, -0.15) is 0 Å². The van der Waals surface area contributed by atoms with Crippen molar-refractivity contribution in [2.24, 2.45) is 0 Å². The van der Waals surface area contributed by atoms with E-state index in [0.717, 1.165) is 22.1 Å². The lowest BCUT2D eigenvalue weighted by Gasteiger charge is -1.97. The molecular weight excluding hydrogens is 232 g/mol. The first-order chi connectivity index (χ1) is 6.33. The minimum atomic E-state index is 0.400. The van der Waals surface area contributed by atoms with Crippen LogP contribution in [0.5, 0.6) is 0 Å². The predicted molar refractivity (Wildman–Crippen MR) is 52.7 cm³/mol. The van der Waals surface area contributed by atoms with Crippen LogP contribution < -0.4 is 0 Å². The molecule has 0 amide bonds. The summed E-state index contributed by atoms with van der Waals surface area (Å²) in [6, 6.07) is 3.83. The van der Waals surface area contributed by atoms with Gasteiger partial charge in [-0.15, -0.1) is 0 Å². The minimum absolute atomic E-state index is 0.400. The molecule has 0 saturated heterocycles. The molecule has 0 aliphatic carbocycles. The Balaban J connectivity index is 2.67. The van der Waals surface area contributed by atoms with E-state index in [1.807, 2.05) is 22.7 Å². The van der Waals surface area contributed by atoms with Crippen LogP contribution in [0.3, 0.4) is 0 Å². The summed E-state index contributed by atoms with van der Waals surface area (Å²) in [4.78, 5) is 14.5. The summed E-state index contributed by atoms with van der Waals surface area (Å²) in [5, 5.41) is 0. The Morgan fingerprint density at radius 1 is 1.62 bits per heavy atom. The normalized spacial score (nSPS) is 10.5. The second-order valence-electron chi connectivity index (χ2n) is 2.67. The van der Waals surface area contributed by atoms with Gasteiger partial charge in [0.25, 0.3) is 0 Å². The fourth-order valence-electron chi connectivity index (χ4n) is 1.26. The lowest BCUT2D eigenvalue weighted by molar-refractivity contribution is -0.107. The van der Waals surface area contributed by atoms with Gasteiger partial charge in [0.1, 0.15) is 6.29 Å². The van der Waals surface area contributed by atoms with Gasteiger partial charge in [-0.3, -0.25) is 0 Å². The third kappa shape index (κ3) is 1.37. The molecule has 2 rings (SSSR count). The van der Waals surface area contributed by atoms with Crippen LogP contribution in [0, 0.1) is 0 Å². The summed E-state index contributed by atoms with van der Waals surface area (Å²) >= 11 is 3.39. The highest BCUT2D eigenvalue weighted by molar-refractivity contribution is 9.10. The van der Waals surface area contributed by atoms with Gasteiger partial charge in [-0.05, 0) is 28.1 Å². The molecule has 0 radical (unpaired) electrons. The topological polar surface area (TPSA) is 34.4 Å². The second kappa shape index (κ2) is 3.30. The molecule has 0 spiro atoms. The highest BCUT2D eigenvalue weighted by Crippen LogP contribution is 2.17. The standard InChI is InChI=1S/C9H7BrN2O/c10-8-2-1-4-12-7(3-5-13)6-11-9(8)12/h1-2,4-6H,3H2. The average molecular weight is 239 g/mol. The zero-order chi connectivity index (χ0) is 9.26. The van der Waals surface area contributed by atoms with Crippen LogP contribution in [0.2, 0.25) is 0 Å². The molecule has 0 fully saturated rings. The molecule has 3 nitrogen and oxygen atoms in total. The van der Waals surface area contributed by atoms with Crippen molar-refractivity contribution in [3.8, 4) is 0 Å². The summed E-state index contributed by atoms with van der Waals surface area (Å²) in [5.74, 6) is 0. The highest BCUT2D eigenvalue weighted by atomic mass is 79.9. The van der Waals surface area contributed by atoms with Crippen molar-refractivity contribution in [2.45, 2.75) is 6.42 Å². The SMILES string of the molecule is O=CCc1cnc2c(Br)cccn12. The molecule has 0 bridgehead atoms. The van der Waals surface area contributed by atoms with Gasteiger partial charge in [0.2, 0.25) is 0 Å². The molecule has 0 aromatic carbocycles. The minimum Gasteiger partial charge on any atom is -0.303 e. The molecule has 2 aromatic heterocycles. The van der Waals surface area contributed by atoms with Crippen LogP contribution in [0.15, 0.2) is 29.0 Å². The van der Waals surface area contributed by atoms with Gasteiger partial charge in [0.15, 0.2) is 5.65 Å². The van der Waals surface area contributed by atoms with Crippen LogP contribution in [-0.2, 0) is 11.2 Å². The van der Waals surface area contributed by atoms with E-state index in [9.17, 15) is 4.79 Å². The first kappa shape index (κ1) is 8.44. The summed E-state index contributed by atoms with van der Waals surface area (Å²) < 4.78 is 2.84. The van der Waals surface area contributed by atoms with Crippen LogP contribution in [0.4, 0.5) is 0 Å². The summed E-state index contributed by atoms with van der Waals surface area (Å²) in [7, 11) is 0. The van der Waals surface area contributed by atoms with Gasteiger partial charge in [-0.1, -0.05) is 0 Å². The molecule has 0 N–H and O–H groups in total. The van der Waals surface area contributed by atoms with Gasteiger partial charge >= 0.3 is 0 Å². The Kier molecular flexibility index (Phi) is 2.14. The summed E-state index contributed by atoms with van der Waals surface area (Å²) in [5.41, 5.74) is 1.76. The van der Waals surface area contributed by atoms with Gasteiger partial charge in [0.05, 0.1) is 4.47 Å². The van der Waals surface area contributed by atoms with Crippen molar-refractivity contribution in [3.05, 3.63) is 34.7 Å². The Morgan fingerprint density at radius 2 is 2.46 bits per heavy atom. The van der Waals surface area contributed by atoms with E-state index in [-0.39, 0.29) is 0 Å². The number of imidazole rings is 1. The summed E-state index contributed by atoms with van der Waals surface area (Å²) in [6.45, 7) is 0. The number of hydrogen-bond donors (Lipinski definition) is 0. The number of halogens is 1. The largest absolute Gasteiger partial charge is 0.303 e. The molecule has 13 heavy (non-hydrogen) atoms. The second-order valence-corrected chi connectivity index (χ2v) is 3.52. The van der Waals surface area contributed by atoms with Crippen LogP contribution in [0.1, 0.15) is 5.69 Å². The van der Waals surface area contributed by atoms with Crippen molar-refractivity contribution >= 4 is 27.9 Å². The van der Waals surface area contributed by atoms with Gasteiger partial charge in [0, 0.05) is 24.5 Å². The lowest BCUT2D eigenvalue weighted by atomic mass is 10.3. The maximum Gasteiger partial charge on any atom is 0.151 e. The molecule has 0 saturated carbocycles. The number of aldehydes is 1. The fourth-order valence-corrected chi connectivity index (χ4v) is 1.71.